The van der Waals surface area contributed by atoms with Gasteiger partial charge in [-0.1, -0.05) is 0 Å². The van der Waals surface area contributed by atoms with Crippen LogP contribution in [0.5, 0.6) is 0 Å². The Bertz CT molecular complexity index is 841. The van der Waals surface area contributed by atoms with Crippen LogP contribution in [0, 0.1) is 5.82 Å². The quantitative estimate of drug-likeness (QED) is 0.790. The van der Waals surface area contributed by atoms with Crippen molar-refractivity contribution in [2.24, 2.45) is 0 Å². The van der Waals surface area contributed by atoms with E-state index in [1.54, 1.807) is 11.1 Å². The third kappa shape index (κ3) is 2.48. The summed E-state index contributed by atoms with van der Waals surface area (Å²) in [5, 5.41) is 4.26. The van der Waals surface area contributed by atoms with Crippen molar-refractivity contribution in [3.05, 3.63) is 48.3 Å². The lowest BCUT2D eigenvalue weighted by Gasteiger charge is -2.33. The number of nitrogens with zero attached hydrogens (tertiary/aromatic N) is 4. The van der Waals surface area contributed by atoms with Gasteiger partial charge in [-0.15, -0.1) is 0 Å². The van der Waals surface area contributed by atoms with E-state index in [0.717, 1.165) is 12.8 Å². The summed E-state index contributed by atoms with van der Waals surface area (Å²) in [5.41, 5.74) is 1.36. The molecular weight excluding hydrogens is 297 g/mol. The largest absolute Gasteiger partial charge is 0.344 e. The molecule has 1 saturated heterocycles. The molecule has 0 bridgehead atoms. The van der Waals surface area contributed by atoms with Gasteiger partial charge in [-0.05, 0) is 31.0 Å². The van der Waals surface area contributed by atoms with Gasteiger partial charge in [0.1, 0.15) is 11.3 Å². The molecule has 0 aliphatic carbocycles. The first-order valence-corrected chi connectivity index (χ1v) is 7.63. The van der Waals surface area contributed by atoms with E-state index in [-0.39, 0.29) is 11.9 Å². The highest BCUT2D eigenvalue weighted by Gasteiger charge is 2.27. The fourth-order valence-corrected chi connectivity index (χ4v) is 3.20. The Balaban J connectivity index is 1.64. The maximum atomic E-state index is 13.8. The number of piperidine rings is 1. The molecule has 0 radical (unpaired) electrons. The Labute approximate surface area is 131 Å². The normalized spacial score (nSPS) is 18.5. The van der Waals surface area contributed by atoms with Gasteiger partial charge in [0.25, 0.3) is 5.91 Å². The smallest absolute Gasteiger partial charge is 0.256 e. The minimum absolute atomic E-state index is 0.158. The summed E-state index contributed by atoms with van der Waals surface area (Å²) in [6.07, 6.45) is 7.00. The number of carbonyl (C=O) groups excluding carboxylic acids is 1. The molecule has 7 heteroatoms. The molecule has 3 aromatic rings. The van der Waals surface area contributed by atoms with Crippen LogP contribution in [0.4, 0.5) is 4.39 Å². The van der Waals surface area contributed by atoms with Crippen molar-refractivity contribution >= 4 is 16.9 Å². The summed E-state index contributed by atoms with van der Waals surface area (Å²) in [6.45, 7) is 1.24. The second-order valence-corrected chi connectivity index (χ2v) is 5.79. The number of imidazole rings is 1. The zero-order valence-electron chi connectivity index (χ0n) is 12.4. The molecule has 0 saturated carbocycles. The van der Waals surface area contributed by atoms with Crippen LogP contribution in [0.3, 0.4) is 0 Å². The summed E-state index contributed by atoms with van der Waals surface area (Å²) in [4.78, 5) is 21.6. The SMILES string of the molecule is O=C(c1cc(F)cc2[nH]cnc12)N1CCC[C@@H](n2cccn2)C1. The minimum atomic E-state index is -0.439. The van der Waals surface area contributed by atoms with E-state index in [4.69, 9.17) is 0 Å². The first-order chi connectivity index (χ1) is 11.2. The molecule has 4 rings (SSSR count). The predicted molar refractivity (Wildman–Crippen MR) is 82.5 cm³/mol. The number of fused-ring (bicyclic) bond motifs is 1. The van der Waals surface area contributed by atoms with Gasteiger partial charge in [0, 0.05) is 25.5 Å². The van der Waals surface area contributed by atoms with Crippen molar-refractivity contribution < 1.29 is 9.18 Å². The van der Waals surface area contributed by atoms with Gasteiger partial charge < -0.3 is 9.88 Å². The van der Waals surface area contributed by atoms with E-state index >= 15 is 0 Å². The molecule has 1 atom stereocenters. The zero-order chi connectivity index (χ0) is 15.8. The maximum absolute atomic E-state index is 13.8. The number of aromatic amines is 1. The minimum Gasteiger partial charge on any atom is -0.344 e. The van der Waals surface area contributed by atoms with Crippen molar-refractivity contribution in [1.29, 1.82) is 0 Å². The van der Waals surface area contributed by atoms with Crippen molar-refractivity contribution in [2.45, 2.75) is 18.9 Å². The molecule has 1 aliphatic heterocycles. The second kappa shape index (κ2) is 5.49. The second-order valence-electron chi connectivity index (χ2n) is 5.79. The summed E-state index contributed by atoms with van der Waals surface area (Å²) in [7, 11) is 0. The number of aromatic nitrogens is 4. The number of likely N-dealkylation sites (tertiary alicyclic amines) is 1. The van der Waals surface area contributed by atoms with Crippen molar-refractivity contribution in [2.75, 3.05) is 13.1 Å². The topological polar surface area (TPSA) is 66.8 Å². The Hall–Kier alpha value is -2.70. The molecule has 1 aliphatic rings. The molecule has 1 amide bonds. The van der Waals surface area contributed by atoms with Crippen molar-refractivity contribution in [3.63, 3.8) is 0 Å². The lowest BCUT2D eigenvalue weighted by atomic mass is 10.0. The zero-order valence-corrected chi connectivity index (χ0v) is 12.4. The van der Waals surface area contributed by atoms with Crippen LogP contribution in [0.15, 0.2) is 36.9 Å². The highest BCUT2D eigenvalue weighted by atomic mass is 19.1. The number of hydrogen-bond donors (Lipinski definition) is 1. The Morgan fingerprint density at radius 2 is 2.30 bits per heavy atom. The summed E-state index contributed by atoms with van der Waals surface area (Å²) in [5.74, 6) is -0.621. The first-order valence-electron chi connectivity index (χ1n) is 7.63. The van der Waals surface area contributed by atoms with Crippen LogP contribution in [0.25, 0.3) is 11.0 Å². The average Bonchev–Trinajstić information content (AvgIpc) is 3.24. The van der Waals surface area contributed by atoms with E-state index in [1.165, 1.54) is 18.5 Å². The number of nitrogens with one attached hydrogen (secondary N) is 1. The molecule has 23 heavy (non-hydrogen) atoms. The third-order valence-corrected chi connectivity index (χ3v) is 4.30. The number of benzene rings is 1. The maximum Gasteiger partial charge on any atom is 0.256 e. The average molecular weight is 313 g/mol. The molecule has 0 spiro atoms. The van der Waals surface area contributed by atoms with E-state index in [0.29, 0.717) is 29.7 Å². The fourth-order valence-electron chi connectivity index (χ4n) is 3.20. The highest BCUT2D eigenvalue weighted by Crippen LogP contribution is 2.24. The molecule has 1 fully saturated rings. The van der Waals surface area contributed by atoms with Crippen LogP contribution >= 0.6 is 0 Å². The fraction of sp³-hybridized carbons (Fsp3) is 0.312. The van der Waals surface area contributed by atoms with Crippen LogP contribution in [-0.4, -0.2) is 43.6 Å². The number of rotatable bonds is 2. The molecule has 1 aromatic carbocycles. The predicted octanol–water partition coefficient (Wildman–Crippen LogP) is 2.38. The monoisotopic (exact) mass is 313 g/mol. The molecule has 6 nitrogen and oxygen atoms in total. The third-order valence-electron chi connectivity index (χ3n) is 4.30. The van der Waals surface area contributed by atoms with Gasteiger partial charge in [0.05, 0.1) is 23.4 Å². The molecule has 3 heterocycles. The van der Waals surface area contributed by atoms with E-state index in [1.807, 2.05) is 16.9 Å². The first kappa shape index (κ1) is 13.9. The number of amides is 1. The van der Waals surface area contributed by atoms with E-state index < -0.39 is 5.82 Å². The van der Waals surface area contributed by atoms with Crippen molar-refractivity contribution in [1.82, 2.24) is 24.6 Å². The van der Waals surface area contributed by atoms with Crippen molar-refractivity contribution in [3.8, 4) is 0 Å². The Kier molecular flexibility index (Phi) is 3.33. The van der Waals surface area contributed by atoms with Gasteiger partial charge in [0.15, 0.2) is 0 Å². The number of H-pyrrole nitrogens is 1. The summed E-state index contributed by atoms with van der Waals surface area (Å²) < 4.78 is 15.7. The van der Waals surface area contributed by atoms with Gasteiger partial charge in [0.2, 0.25) is 0 Å². The number of halogens is 1. The molecular formula is C16H16FN5O. The molecule has 118 valence electrons. The molecule has 0 unspecified atom stereocenters. The van der Waals surface area contributed by atoms with Crippen LogP contribution in [-0.2, 0) is 0 Å². The lowest BCUT2D eigenvalue weighted by molar-refractivity contribution is 0.0674. The summed E-state index contributed by atoms with van der Waals surface area (Å²) in [6, 6.07) is 4.65. The Morgan fingerprint density at radius 3 is 3.13 bits per heavy atom. The number of carbonyl (C=O) groups is 1. The van der Waals surface area contributed by atoms with Crippen LogP contribution < -0.4 is 0 Å². The van der Waals surface area contributed by atoms with Gasteiger partial charge in [-0.3, -0.25) is 9.48 Å². The summed E-state index contributed by atoms with van der Waals surface area (Å²) >= 11 is 0. The van der Waals surface area contributed by atoms with Gasteiger partial charge in [-0.2, -0.15) is 5.10 Å². The van der Waals surface area contributed by atoms with E-state index in [2.05, 4.69) is 15.1 Å². The number of hydrogen-bond acceptors (Lipinski definition) is 3. The standard InChI is InChI=1S/C16H16FN5O/c17-11-7-13(15-14(8-11)18-10-19-15)16(23)21-5-1-3-12(9-21)22-6-2-4-20-22/h2,4,6-8,10,12H,1,3,5,9H2,(H,18,19)/t12-/m1/s1. The lowest BCUT2D eigenvalue weighted by Crippen LogP contribution is -2.41. The Morgan fingerprint density at radius 1 is 1.39 bits per heavy atom. The molecule has 1 N–H and O–H groups in total. The highest BCUT2D eigenvalue weighted by molar-refractivity contribution is 6.04. The van der Waals surface area contributed by atoms with Gasteiger partial charge >= 0.3 is 0 Å². The van der Waals surface area contributed by atoms with Crippen LogP contribution in [0.2, 0.25) is 0 Å². The van der Waals surface area contributed by atoms with Gasteiger partial charge in [-0.25, -0.2) is 9.37 Å². The van der Waals surface area contributed by atoms with E-state index in [9.17, 15) is 9.18 Å². The molecule has 2 aromatic heterocycles. The van der Waals surface area contributed by atoms with Crippen LogP contribution in [0.1, 0.15) is 29.2 Å².